The molecule has 140 valence electrons. The average molecular weight is 409 g/mol. The fraction of sp³-hybridized carbons (Fsp3) is 0.100. The Morgan fingerprint density at radius 2 is 2.21 bits per heavy atom. The second-order valence-electron chi connectivity index (χ2n) is 5.82. The Morgan fingerprint density at radius 3 is 2.96 bits per heavy atom. The lowest BCUT2D eigenvalue weighted by Crippen LogP contribution is -2.29. The summed E-state index contributed by atoms with van der Waals surface area (Å²) in [4.78, 5) is 28.3. The Bertz CT molecular complexity index is 1110. The second-order valence-corrected chi connectivity index (χ2v) is 7.70. The first kappa shape index (κ1) is 18.4. The lowest BCUT2D eigenvalue weighted by molar-refractivity contribution is -0.121. The van der Waals surface area contributed by atoms with Crippen LogP contribution in [0.15, 0.2) is 64.5 Å². The standard InChI is InChI=1S/C20H16N4O2S2/c1-3-9-24-18(25)17(28-20(24)23-19-21-8-10-27-19)12-14-5-4-13-11-15(26-2)6-7-16(13)22-14/h3-8,10-12H,1,9H2,2H3/b17-12-,23-20-. The number of benzene rings is 1. The van der Waals surface area contributed by atoms with Gasteiger partial charge in [-0.1, -0.05) is 12.1 Å². The molecular weight excluding hydrogens is 392 g/mol. The quantitative estimate of drug-likeness (QED) is 0.460. The van der Waals surface area contributed by atoms with E-state index in [0.717, 1.165) is 16.7 Å². The van der Waals surface area contributed by atoms with Crippen LogP contribution >= 0.6 is 23.1 Å². The van der Waals surface area contributed by atoms with Crippen molar-refractivity contribution in [3.05, 3.63) is 65.2 Å². The minimum Gasteiger partial charge on any atom is -0.497 e. The molecule has 1 aliphatic heterocycles. The molecule has 2 aromatic heterocycles. The molecule has 3 heterocycles. The van der Waals surface area contributed by atoms with Gasteiger partial charge in [-0.05, 0) is 42.1 Å². The molecule has 0 aliphatic carbocycles. The van der Waals surface area contributed by atoms with E-state index in [4.69, 9.17) is 4.74 Å². The Morgan fingerprint density at radius 1 is 1.32 bits per heavy atom. The summed E-state index contributed by atoms with van der Waals surface area (Å²) in [6, 6.07) is 9.55. The first-order valence-electron chi connectivity index (χ1n) is 8.43. The smallest absolute Gasteiger partial charge is 0.267 e. The van der Waals surface area contributed by atoms with Crippen LogP contribution in [0.2, 0.25) is 0 Å². The minimum atomic E-state index is -0.114. The van der Waals surface area contributed by atoms with Gasteiger partial charge >= 0.3 is 0 Å². The number of carbonyl (C=O) groups is 1. The molecule has 0 atom stereocenters. The Balaban J connectivity index is 1.67. The van der Waals surface area contributed by atoms with Crippen molar-refractivity contribution in [2.45, 2.75) is 0 Å². The van der Waals surface area contributed by atoms with Crippen LogP contribution in [0, 0.1) is 0 Å². The number of methoxy groups -OCH3 is 1. The summed E-state index contributed by atoms with van der Waals surface area (Å²) in [5.41, 5.74) is 1.55. The number of fused-ring (bicyclic) bond motifs is 1. The maximum atomic E-state index is 12.8. The zero-order chi connectivity index (χ0) is 19.5. The van der Waals surface area contributed by atoms with Gasteiger partial charge < -0.3 is 4.74 Å². The van der Waals surface area contributed by atoms with Crippen LogP contribution in [0.3, 0.4) is 0 Å². The number of amidine groups is 1. The summed E-state index contributed by atoms with van der Waals surface area (Å²) in [5, 5.41) is 4.04. The lowest BCUT2D eigenvalue weighted by Gasteiger charge is -2.11. The molecule has 0 spiro atoms. The Labute approximate surface area is 170 Å². The highest BCUT2D eigenvalue weighted by atomic mass is 32.2. The highest BCUT2D eigenvalue weighted by molar-refractivity contribution is 8.18. The number of ether oxygens (including phenoxy) is 1. The summed E-state index contributed by atoms with van der Waals surface area (Å²) in [6.45, 7) is 4.12. The fourth-order valence-electron chi connectivity index (χ4n) is 2.70. The summed E-state index contributed by atoms with van der Waals surface area (Å²) in [7, 11) is 1.64. The molecule has 6 nitrogen and oxygen atoms in total. The maximum Gasteiger partial charge on any atom is 0.267 e. The molecule has 1 aliphatic rings. The van der Waals surface area contributed by atoms with Crippen molar-refractivity contribution in [2.24, 2.45) is 4.99 Å². The molecular formula is C20H16N4O2S2. The molecule has 0 saturated carbocycles. The first-order valence-corrected chi connectivity index (χ1v) is 10.1. The number of nitrogens with zero attached hydrogens (tertiary/aromatic N) is 4. The number of amides is 1. The summed E-state index contributed by atoms with van der Waals surface area (Å²) in [5.74, 6) is 0.668. The van der Waals surface area contributed by atoms with Crippen molar-refractivity contribution < 1.29 is 9.53 Å². The zero-order valence-corrected chi connectivity index (χ0v) is 16.7. The van der Waals surface area contributed by atoms with Crippen LogP contribution in [0.1, 0.15) is 5.69 Å². The largest absolute Gasteiger partial charge is 0.497 e. The second kappa shape index (κ2) is 7.95. The maximum absolute atomic E-state index is 12.8. The van der Waals surface area contributed by atoms with E-state index in [9.17, 15) is 4.79 Å². The van der Waals surface area contributed by atoms with Crippen molar-refractivity contribution in [2.75, 3.05) is 13.7 Å². The van der Waals surface area contributed by atoms with Crippen molar-refractivity contribution in [1.82, 2.24) is 14.9 Å². The van der Waals surface area contributed by atoms with Gasteiger partial charge in [-0.3, -0.25) is 9.69 Å². The van der Waals surface area contributed by atoms with Crippen molar-refractivity contribution in [3.8, 4) is 5.75 Å². The van der Waals surface area contributed by atoms with Gasteiger partial charge in [0.2, 0.25) is 5.13 Å². The van der Waals surface area contributed by atoms with Gasteiger partial charge in [0.1, 0.15) is 5.75 Å². The third-order valence-electron chi connectivity index (χ3n) is 4.01. The van der Waals surface area contributed by atoms with Crippen molar-refractivity contribution in [1.29, 1.82) is 0 Å². The van der Waals surface area contributed by atoms with Gasteiger partial charge in [-0.15, -0.1) is 17.9 Å². The SMILES string of the molecule is C=CCN1C(=O)/C(=C/c2ccc3cc(OC)ccc3n2)S/C1=N\c1nccs1. The highest BCUT2D eigenvalue weighted by Gasteiger charge is 2.32. The summed E-state index contributed by atoms with van der Waals surface area (Å²) >= 11 is 2.74. The fourth-order valence-corrected chi connectivity index (χ4v) is 4.23. The molecule has 1 saturated heterocycles. The molecule has 0 bridgehead atoms. The molecule has 1 amide bonds. The number of thiazole rings is 1. The Hall–Kier alpha value is -2.97. The zero-order valence-electron chi connectivity index (χ0n) is 15.0. The van der Waals surface area contributed by atoms with E-state index < -0.39 is 0 Å². The van der Waals surface area contributed by atoms with Gasteiger partial charge in [-0.25, -0.2) is 9.97 Å². The monoisotopic (exact) mass is 408 g/mol. The van der Waals surface area contributed by atoms with Crippen LogP contribution in [-0.4, -0.2) is 39.6 Å². The molecule has 1 fully saturated rings. The number of aliphatic imine (C=N–C) groups is 1. The van der Waals surface area contributed by atoms with Crippen molar-refractivity contribution >= 4 is 56.3 Å². The van der Waals surface area contributed by atoms with Crippen LogP contribution in [0.5, 0.6) is 5.75 Å². The van der Waals surface area contributed by atoms with Crippen molar-refractivity contribution in [3.63, 3.8) is 0 Å². The normalized spacial score (nSPS) is 17.0. The van der Waals surface area contributed by atoms with E-state index in [1.54, 1.807) is 30.4 Å². The number of aromatic nitrogens is 2. The van der Waals surface area contributed by atoms with Crippen LogP contribution < -0.4 is 4.74 Å². The van der Waals surface area contributed by atoms with Gasteiger partial charge in [0, 0.05) is 23.5 Å². The van der Waals surface area contributed by atoms with Gasteiger partial charge in [0.25, 0.3) is 5.91 Å². The number of carbonyl (C=O) groups excluding carboxylic acids is 1. The lowest BCUT2D eigenvalue weighted by atomic mass is 10.2. The predicted molar refractivity (Wildman–Crippen MR) is 115 cm³/mol. The molecule has 0 N–H and O–H groups in total. The molecule has 28 heavy (non-hydrogen) atoms. The van der Waals surface area contributed by atoms with Gasteiger partial charge in [0.05, 0.1) is 23.2 Å². The molecule has 3 aromatic rings. The minimum absolute atomic E-state index is 0.114. The third kappa shape index (κ3) is 3.69. The number of rotatable bonds is 5. The first-order chi connectivity index (χ1) is 13.7. The predicted octanol–water partition coefficient (Wildman–Crippen LogP) is 4.49. The number of hydrogen-bond donors (Lipinski definition) is 0. The third-order valence-corrected chi connectivity index (χ3v) is 5.68. The summed E-state index contributed by atoms with van der Waals surface area (Å²) in [6.07, 6.45) is 5.16. The van der Waals surface area contributed by atoms with E-state index in [-0.39, 0.29) is 5.91 Å². The molecule has 1 aromatic carbocycles. The Kier molecular flexibility index (Phi) is 5.23. The summed E-state index contributed by atoms with van der Waals surface area (Å²) < 4.78 is 5.25. The molecule has 0 unspecified atom stereocenters. The van der Waals surface area contributed by atoms with E-state index in [1.165, 1.54) is 23.1 Å². The number of pyridine rings is 1. The van der Waals surface area contributed by atoms with Gasteiger partial charge in [-0.2, -0.15) is 4.99 Å². The van der Waals surface area contributed by atoms with E-state index in [1.807, 2.05) is 35.7 Å². The number of thioether (sulfide) groups is 1. The topological polar surface area (TPSA) is 67.7 Å². The molecule has 4 rings (SSSR count). The number of hydrogen-bond acceptors (Lipinski definition) is 7. The van der Waals surface area contributed by atoms with Crippen LogP contribution in [0.4, 0.5) is 5.13 Å². The highest BCUT2D eigenvalue weighted by Crippen LogP contribution is 2.34. The molecule has 8 heteroatoms. The molecule has 0 radical (unpaired) electrons. The van der Waals surface area contributed by atoms with E-state index in [0.29, 0.717) is 27.4 Å². The van der Waals surface area contributed by atoms with Crippen LogP contribution in [0.25, 0.3) is 17.0 Å². The van der Waals surface area contributed by atoms with E-state index >= 15 is 0 Å². The van der Waals surface area contributed by atoms with Crippen LogP contribution in [-0.2, 0) is 4.79 Å². The average Bonchev–Trinajstić information content (AvgIpc) is 3.32. The van der Waals surface area contributed by atoms with E-state index in [2.05, 4.69) is 21.5 Å². The van der Waals surface area contributed by atoms with Gasteiger partial charge in [0.15, 0.2) is 5.17 Å².